The number of urea groups is 1. The molecule has 1 N–H and O–H groups in total. The topological polar surface area (TPSA) is 70.6 Å². The minimum Gasteiger partial charge on any atom is -0.497 e. The molecule has 0 atom stereocenters. The lowest BCUT2D eigenvalue weighted by Gasteiger charge is -2.36. The van der Waals surface area contributed by atoms with Crippen LogP contribution in [0.5, 0.6) is 5.75 Å². The van der Waals surface area contributed by atoms with Crippen LogP contribution in [0.15, 0.2) is 78.9 Å². The van der Waals surface area contributed by atoms with E-state index >= 15 is 0 Å². The summed E-state index contributed by atoms with van der Waals surface area (Å²) in [6, 6.07) is 26.0. The van der Waals surface area contributed by atoms with E-state index in [4.69, 9.17) is 14.7 Å². The molecule has 7 nitrogen and oxygen atoms in total. The van der Waals surface area contributed by atoms with Gasteiger partial charge in [-0.25, -0.2) is 14.8 Å². The minimum atomic E-state index is -0.0985. The molecule has 0 aliphatic carbocycles. The Kier molecular flexibility index (Phi) is 7.54. The van der Waals surface area contributed by atoms with Gasteiger partial charge in [0.2, 0.25) is 0 Å². The highest BCUT2D eigenvalue weighted by Crippen LogP contribution is 2.29. The van der Waals surface area contributed by atoms with Gasteiger partial charge in [0.1, 0.15) is 11.6 Å². The second-order valence-electron chi connectivity index (χ2n) is 9.60. The van der Waals surface area contributed by atoms with Crippen molar-refractivity contribution < 1.29 is 9.53 Å². The molecule has 1 aromatic heterocycles. The number of piperazine rings is 1. The van der Waals surface area contributed by atoms with Crippen molar-refractivity contribution in [1.29, 1.82) is 0 Å². The van der Waals surface area contributed by atoms with Crippen molar-refractivity contribution in [3.8, 4) is 17.1 Å². The Hall–Kier alpha value is -4.39. The highest BCUT2D eigenvalue weighted by atomic mass is 16.5. The molecule has 1 aliphatic heterocycles. The molecule has 0 bridgehead atoms. The molecule has 1 saturated heterocycles. The summed E-state index contributed by atoms with van der Waals surface area (Å²) in [5.74, 6) is 2.44. The van der Waals surface area contributed by atoms with Gasteiger partial charge in [-0.3, -0.25) is 0 Å². The Labute approximate surface area is 224 Å². The van der Waals surface area contributed by atoms with Gasteiger partial charge in [-0.15, -0.1) is 0 Å². The molecule has 0 unspecified atom stereocenters. The van der Waals surface area contributed by atoms with Crippen LogP contribution in [-0.4, -0.2) is 54.2 Å². The maximum Gasteiger partial charge on any atom is 0.321 e. The van der Waals surface area contributed by atoms with E-state index < -0.39 is 0 Å². The van der Waals surface area contributed by atoms with Crippen molar-refractivity contribution in [2.24, 2.45) is 0 Å². The lowest BCUT2D eigenvalue weighted by molar-refractivity contribution is 0.208. The van der Waals surface area contributed by atoms with Crippen LogP contribution in [0.25, 0.3) is 11.4 Å². The van der Waals surface area contributed by atoms with Gasteiger partial charge in [0.05, 0.1) is 7.11 Å². The van der Waals surface area contributed by atoms with Crippen molar-refractivity contribution in [2.75, 3.05) is 43.5 Å². The van der Waals surface area contributed by atoms with Gasteiger partial charge >= 0.3 is 6.03 Å². The number of hydrogen-bond donors (Lipinski definition) is 1. The second kappa shape index (κ2) is 11.3. The molecule has 1 fully saturated rings. The summed E-state index contributed by atoms with van der Waals surface area (Å²) in [7, 11) is 1.63. The monoisotopic (exact) mass is 507 g/mol. The molecule has 0 spiro atoms. The Balaban J connectivity index is 1.37. The number of benzene rings is 3. The van der Waals surface area contributed by atoms with Crippen molar-refractivity contribution in [2.45, 2.75) is 20.3 Å². The summed E-state index contributed by atoms with van der Waals surface area (Å²) in [5, 5.41) is 2.99. The highest BCUT2D eigenvalue weighted by molar-refractivity contribution is 5.89. The van der Waals surface area contributed by atoms with Crippen LogP contribution in [0.2, 0.25) is 0 Å². The van der Waals surface area contributed by atoms with E-state index in [2.05, 4.69) is 66.5 Å². The van der Waals surface area contributed by atoms with Gasteiger partial charge in [-0.2, -0.15) is 0 Å². The van der Waals surface area contributed by atoms with E-state index in [-0.39, 0.29) is 6.03 Å². The first-order valence-corrected chi connectivity index (χ1v) is 12.9. The van der Waals surface area contributed by atoms with E-state index in [9.17, 15) is 4.79 Å². The molecule has 0 radical (unpaired) electrons. The SMILES string of the molecule is COc1ccc(NC(=O)N2CCN(c3nc(-c4cccc(C)c4)nc(C)c3Cc3ccccc3)CC2)cc1. The van der Waals surface area contributed by atoms with E-state index in [1.165, 1.54) is 11.1 Å². The predicted molar refractivity (Wildman–Crippen MR) is 152 cm³/mol. The zero-order valence-corrected chi connectivity index (χ0v) is 22.1. The number of hydrogen-bond acceptors (Lipinski definition) is 5. The van der Waals surface area contributed by atoms with Gasteiger partial charge < -0.3 is 19.9 Å². The molecule has 4 aromatic rings. The molecular weight excluding hydrogens is 474 g/mol. The van der Waals surface area contributed by atoms with Crippen LogP contribution in [0.3, 0.4) is 0 Å². The van der Waals surface area contributed by atoms with Gasteiger partial charge in [0.15, 0.2) is 5.82 Å². The average Bonchev–Trinajstić information content (AvgIpc) is 2.95. The van der Waals surface area contributed by atoms with E-state index in [1.54, 1.807) is 7.11 Å². The summed E-state index contributed by atoms with van der Waals surface area (Å²) in [6.45, 7) is 6.76. The molecule has 3 aromatic carbocycles. The fraction of sp³-hybridized carbons (Fsp3) is 0.258. The fourth-order valence-corrected chi connectivity index (χ4v) is 4.76. The normalized spacial score (nSPS) is 13.3. The Bertz CT molecular complexity index is 1400. The number of anilines is 2. The molecule has 0 saturated carbocycles. The fourth-order valence-electron chi connectivity index (χ4n) is 4.76. The van der Waals surface area contributed by atoms with Crippen LogP contribution in [0.1, 0.15) is 22.4 Å². The number of carbonyl (C=O) groups excluding carboxylic acids is 1. The van der Waals surface area contributed by atoms with Gasteiger partial charge in [0.25, 0.3) is 0 Å². The van der Waals surface area contributed by atoms with E-state index in [1.807, 2.05) is 41.3 Å². The zero-order chi connectivity index (χ0) is 26.5. The van der Waals surface area contributed by atoms with Crippen LogP contribution in [-0.2, 0) is 6.42 Å². The molecule has 38 heavy (non-hydrogen) atoms. The minimum absolute atomic E-state index is 0.0985. The van der Waals surface area contributed by atoms with Crippen LogP contribution in [0.4, 0.5) is 16.3 Å². The molecular formula is C31H33N5O2. The summed E-state index contributed by atoms with van der Waals surface area (Å²) in [4.78, 5) is 27.1. The average molecular weight is 508 g/mol. The first-order chi connectivity index (χ1) is 18.5. The van der Waals surface area contributed by atoms with E-state index in [0.717, 1.165) is 46.3 Å². The zero-order valence-electron chi connectivity index (χ0n) is 22.1. The molecule has 2 heterocycles. The van der Waals surface area contributed by atoms with Gasteiger partial charge in [-0.05, 0) is 49.7 Å². The maximum absolute atomic E-state index is 12.9. The predicted octanol–water partition coefficient (Wildman–Crippen LogP) is 5.71. The number of aryl methyl sites for hydroxylation is 2. The molecule has 2 amide bonds. The van der Waals surface area contributed by atoms with Crippen LogP contribution in [0, 0.1) is 13.8 Å². The van der Waals surface area contributed by atoms with Gasteiger partial charge in [0, 0.05) is 55.1 Å². The number of nitrogens with one attached hydrogen (secondary N) is 1. The third-order valence-corrected chi connectivity index (χ3v) is 6.90. The van der Waals surface area contributed by atoms with Crippen molar-refractivity contribution in [3.63, 3.8) is 0 Å². The summed E-state index contributed by atoms with van der Waals surface area (Å²) < 4.78 is 5.20. The summed E-state index contributed by atoms with van der Waals surface area (Å²) in [5.41, 5.74) is 6.27. The van der Waals surface area contributed by atoms with Crippen molar-refractivity contribution in [3.05, 3.63) is 101 Å². The Morgan fingerprint density at radius 1 is 0.895 bits per heavy atom. The third-order valence-electron chi connectivity index (χ3n) is 6.90. The summed E-state index contributed by atoms with van der Waals surface area (Å²) >= 11 is 0. The number of methoxy groups -OCH3 is 1. The van der Waals surface area contributed by atoms with Crippen LogP contribution < -0.4 is 15.0 Å². The van der Waals surface area contributed by atoms with E-state index in [0.29, 0.717) is 26.2 Å². The molecule has 194 valence electrons. The van der Waals surface area contributed by atoms with Crippen molar-refractivity contribution >= 4 is 17.5 Å². The van der Waals surface area contributed by atoms with Gasteiger partial charge in [-0.1, -0.05) is 54.1 Å². The molecule has 1 aliphatic rings. The maximum atomic E-state index is 12.9. The largest absolute Gasteiger partial charge is 0.497 e. The molecule has 7 heteroatoms. The Morgan fingerprint density at radius 3 is 2.32 bits per heavy atom. The highest BCUT2D eigenvalue weighted by Gasteiger charge is 2.25. The smallest absolute Gasteiger partial charge is 0.321 e. The quantitative estimate of drug-likeness (QED) is 0.362. The second-order valence-corrected chi connectivity index (χ2v) is 9.60. The van der Waals surface area contributed by atoms with Crippen molar-refractivity contribution in [1.82, 2.24) is 14.9 Å². The lowest BCUT2D eigenvalue weighted by Crippen LogP contribution is -2.50. The summed E-state index contributed by atoms with van der Waals surface area (Å²) in [6.07, 6.45) is 0.758. The molecule has 5 rings (SSSR count). The number of carbonyl (C=O) groups is 1. The number of nitrogens with zero attached hydrogens (tertiary/aromatic N) is 4. The number of aromatic nitrogens is 2. The first kappa shape index (κ1) is 25.3. The lowest BCUT2D eigenvalue weighted by atomic mass is 10.0. The number of rotatable bonds is 6. The number of amides is 2. The van der Waals surface area contributed by atoms with Crippen LogP contribution >= 0.6 is 0 Å². The Morgan fingerprint density at radius 2 is 1.63 bits per heavy atom. The first-order valence-electron chi connectivity index (χ1n) is 12.9. The third kappa shape index (κ3) is 5.78. The number of ether oxygens (including phenoxy) is 1. The standard InChI is InChI=1S/C31H33N5O2/c1-22-8-7-11-25(20-22)29-32-23(2)28(21-24-9-5-4-6-10-24)30(34-29)35-16-18-36(19-17-35)31(37)33-26-12-14-27(38-3)15-13-26/h4-15,20H,16-19,21H2,1-3H3,(H,33,37).